The molecule has 0 spiro atoms. The van der Waals surface area contributed by atoms with Crippen LogP contribution in [0.15, 0.2) is 22.7 Å². The molecule has 94 valence electrons. The van der Waals surface area contributed by atoms with E-state index in [1.165, 1.54) is 0 Å². The Kier molecular flexibility index (Phi) is 3.54. The molecule has 3 nitrogen and oxygen atoms in total. The van der Waals surface area contributed by atoms with Gasteiger partial charge in [-0.2, -0.15) is 8.78 Å². The van der Waals surface area contributed by atoms with Crippen molar-refractivity contribution in [2.24, 2.45) is 0 Å². The molecule has 0 bridgehead atoms. The van der Waals surface area contributed by atoms with Crippen LogP contribution < -0.4 is 0 Å². The summed E-state index contributed by atoms with van der Waals surface area (Å²) < 4.78 is 39.3. The molecule has 1 aromatic carbocycles. The van der Waals surface area contributed by atoms with Gasteiger partial charge in [0.15, 0.2) is 5.60 Å². The van der Waals surface area contributed by atoms with Gasteiger partial charge >= 0.3 is 11.9 Å². The van der Waals surface area contributed by atoms with Crippen molar-refractivity contribution in [2.75, 3.05) is 0 Å². The maximum Gasteiger partial charge on any atom is 0.378 e. The monoisotopic (exact) mass is 312 g/mol. The fraction of sp³-hybridized carbons (Fsp3) is 0.300. The molecule has 1 aromatic rings. The molecular weight excluding hydrogens is 305 g/mol. The number of carboxylic acid groups (broad SMARTS) is 1. The molecule has 0 aliphatic rings. The molecule has 0 aliphatic carbocycles. The van der Waals surface area contributed by atoms with Crippen LogP contribution in [0.2, 0.25) is 0 Å². The molecule has 2 N–H and O–H groups in total. The number of aliphatic hydroxyl groups is 1. The van der Waals surface area contributed by atoms with Crippen molar-refractivity contribution in [1.82, 2.24) is 0 Å². The number of rotatable bonds is 3. The lowest BCUT2D eigenvalue weighted by Gasteiger charge is -2.29. The zero-order valence-electron chi connectivity index (χ0n) is 8.55. The molecule has 0 saturated carbocycles. The highest BCUT2D eigenvalue weighted by Crippen LogP contribution is 2.38. The minimum absolute atomic E-state index is 0.142. The predicted molar refractivity (Wildman–Crippen MR) is 56.3 cm³/mol. The van der Waals surface area contributed by atoms with Crippen LogP contribution in [0.4, 0.5) is 13.2 Å². The Labute approximate surface area is 103 Å². The Morgan fingerprint density at radius 2 is 1.94 bits per heavy atom. The van der Waals surface area contributed by atoms with Crippen LogP contribution >= 0.6 is 15.9 Å². The zero-order valence-corrected chi connectivity index (χ0v) is 10.1. The molecule has 1 unspecified atom stereocenters. The topological polar surface area (TPSA) is 57.5 Å². The van der Waals surface area contributed by atoms with Gasteiger partial charge in [-0.3, -0.25) is 0 Å². The van der Waals surface area contributed by atoms with Gasteiger partial charge in [-0.05, 0) is 40.5 Å². The van der Waals surface area contributed by atoms with Crippen molar-refractivity contribution < 1.29 is 28.2 Å². The molecule has 0 saturated heterocycles. The second kappa shape index (κ2) is 4.30. The average Bonchev–Trinajstić information content (AvgIpc) is 2.21. The third-order valence-electron chi connectivity index (χ3n) is 2.36. The minimum Gasteiger partial charge on any atom is -0.477 e. The normalized spacial score (nSPS) is 15.4. The number of hydrogen-bond donors (Lipinski definition) is 2. The molecule has 0 aromatic heterocycles. The predicted octanol–water partition coefficient (Wildman–Crippen LogP) is 2.52. The van der Waals surface area contributed by atoms with Gasteiger partial charge in [0.05, 0.1) is 4.47 Å². The summed E-state index contributed by atoms with van der Waals surface area (Å²) in [4.78, 5) is 10.4. The fourth-order valence-corrected chi connectivity index (χ4v) is 1.57. The number of carboxylic acids is 1. The van der Waals surface area contributed by atoms with Crippen LogP contribution in [-0.4, -0.2) is 22.1 Å². The zero-order chi connectivity index (χ0) is 13.4. The summed E-state index contributed by atoms with van der Waals surface area (Å²) in [5, 5.41) is 18.0. The molecule has 7 heteroatoms. The van der Waals surface area contributed by atoms with Crippen LogP contribution in [0.1, 0.15) is 12.5 Å². The molecule has 0 aliphatic heterocycles. The van der Waals surface area contributed by atoms with E-state index in [0.717, 1.165) is 18.2 Å². The summed E-state index contributed by atoms with van der Waals surface area (Å²) in [6.45, 7) is 0.654. The van der Waals surface area contributed by atoms with Gasteiger partial charge in [-0.25, -0.2) is 9.18 Å². The van der Waals surface area contributed by atoms with Crippen LogP contribution in [0.25, 0.3) is 0 Å². The molecule has 17 heavy (non-hydrogen) atoms. The van der Waals surface area contributed by atoms with Gasteiger partial charge in [0, 0.05) is 0 Å². The van der Waals surface area contributed by atoms with Crippen molar-refractivity contribution >= 4 is 21.9 Å². The maximum atomic E-state index is 13.3. The quantitative estimate of drug-likeness (QED) is 0.901. The standard InChI is InChI=1S/C10H8BrF3O3/c1-9(17,10(13,14)8(15)16)5-2-3-7(12)6(11)4-5/h2-4,17H,1H3,(H,15,16). The third-order valence-corrected chi connectivity index (χ3v) is 2.97. The summed E-state index contributed by atoms with van der Waals surface area (Å²) in [6, 6.07) is 2.66. The summed E-state index contributed by atoms with van der Waals surface area (Å²) >= 11 is 2.76. The van der Waals surface area contributed by atoms with Crippen LogP contribution in [0.5, 0.6) is 0 Å². The molecule has 0 amide bonds. The molecular formula is C10H8BrF3O3. The number of halogens is 4. The van der Waals surface area contributed by atoms with Crippen molar-refractivity contribution in [3.63, 3.8) is 0 Å². The first-order valence-corrected chi connectivity index (χ1v) is 5.19. The van der Waals surface area contributed by atoms with Crippen LogP contribution in [0.3, 0.4) is 0 Å². The first-order chi connectivity index (χ1) is 7.60. The van der Waals surface area contributed by atoms with E-state index in [9.17, 15) is 23.1 Å². The largest absolute Gasteiger partial charge is 0.477 e. The van der Waals surface area contributed by atoms with E-state index < -0.39 is 28.9 Å². The van der Waals surface area contributed by atoms with E-state index in [4.69, 9.17) is 5.11 Å². The Bertz CT molecular complexity index is 460. The smallest absolute Gasteiger partial charge is 0.378 e. The van der Waals surface area contributed by atoms with Crippen molar-refractivity contribution in [3.8, 4) is 0 Å². The lowest BCUT2D eigenvalue weighted by molar-refractivity contribution is -0.207. The van der Waals surface area contributed by atoms with Crippen LogP contribution in [0, 0.1) is 5.82 Å². The Morgan fingerprint density at radius 1 is 1.41 bits per heavy atom. The molecule has 0 radical (unpaired) electrons. The van der Waals surface area contributed by atoms with E-state index in [2.05, 4.69) is 15.9 Å². The van der Waals surface area contributed by atoms with E-state index in [1.54, 1.807) is 0 Å². The van der Waals surface area contributed by atoms with E-state index >= 15 is 0 Å². The highest BCUT2D eigenvalue weighted by Gasteiger charge is 2.57. The van der Waals surface area contributed by atoms with Gasteiger partial charge in [0.25, 0.3) is 0 Å². The fourth-order valence-electron chi connectivity index (χ4n) is 1.19. The summed E-state index contributed by atoms with van der Waals surface area (Å²) in [5.74, 6) is -7.55. The van der Waals surface area contributed by atoms with Gasteiger partial charge in [-0.15, -0.1) is 0 Å². The Balaban J connectivity index is 3.30. The minimum atomic E-state index is -4.38. The first-order valence-electron chi connectivity index (χ1n) is 4.40. The van der Waals surface area contributed by atoms with E-state index in [1.807, 2.05) is 0 Å². The highest BCUT2D eigenvalue weighted by molar-refractivity contribution is 9.10. The SMILES string of the molecule is CC(O)(c1ccc(F)c(Br)c1)C(F)(F)C(=O)O. The lowest BCUT2D eigenvalue weighted by Crippen LogP contribution is -2.48. The number of hydrogen-bond acceptors (Lipinski definition) is 2. The molecule has 1 atom stereocenters. The number of alkyl halides is 2. The second-order valence-electron chi connectivity index (χ2n) is 3.58. The molecule has 1 rings (SSSR count). The lowest BCUT2D eigenvalue weighted by atomic mass is 9.89. The van der Waals surface area contributed by atoms with Gasteiger partial charge < -0.3 is 10.2 Å². The number of aliphatic carboxylic acids is 1. The third kappa shape index (κ3) is 2.30. The van der Waals surface area contributed by atoms with Gasteiger partial charge in [-0.1, -0.05) is 6.07 Å². The summed E-state index contributed by atoms with van der Waals surface area (Å²) in [6.07, 6.45) is 0. The Hall–Kier alpha value is -1.08. The first kappa shape index (κ1) is 14.0. The second-order valence-corrected chi connectivity index (χ2v) is 4.43. The van der Waals surface area contributed by atoms with Crippen molar-refractivity contribution in [3.05, 3.63) is 34.1 Å². The Morgan fingerprint density at radius 3 is 2.35 bits per heavy atom. The molecule has 0 heterocycles. The molecule has 0 fully saturated rings. The van der Waals surface area contributed by atoms with Gasteiger partial charge in [0.1, 0.15) is 5.82 Å². The average molecular weight is 313 g/mol. The van der Waals surface area contributed by atoms with E-state index in [-0.39, 0.29) is 4.47 Å². The summed E-state index contributed by atoms with van der Waals surface area (Å²) in [5.41, 5.74) is -3.34. The van der Waals surface area contributed by atoms with E-state index in [0.29, 0.717) is 6.92 Å². The number of carbonyl (C=O) groups is 1. The number of benzene rings is 1. The summed E-state index contributed by atoms with van der Waals surface area (Å²) in [7, 11) is 0. The van der Waals surface area contributed by atoms with Crippen LogP contribution in [-0.2, 0) is 10.4 Å². The van der Waals surface area contributed by atoms with Crippen molar-refractivity contribution in [2.45, 2.75) is 18.4 Å². The van der Waals surface area contributed by atoms with Gasteiger partial charge in [0.2, 0.25) is 0 Å². The highest BCUT2D eigenvalue weighted by atomic mass is 79.9. The van der Waals surface area contributed by atoms with Crippen molar-refractivity contribution in [1.29, 1.82) is 0 Å². The maximum absolute atomic E-state index is 13.3.